The van der Waals surface area contributed by atoms with Crippen LogP contribution in [0.5, 0.6) is 0 Å². The van der Waals surface area contributed by atoms with Crippen LogP contribution in [0.15, 0.2) is 59.2 Å². The lowest BCUT2D eigenvalue weighted by Crippen LogP contribution is -2.01. The Morgan fingerprint density at radius 2 is 1.95 bits per heavy atom. The van der Waals surface area contributed by atoms with Crippen molar-refractivity contribution in [3.63, 3.8) is 0 Å². The standard InChI is InChI=1S/C16H11BrFNO/c17-11-7-10(8-12(18)9-11)16(20)14-3-1-5-15-13(14)4-2-6-19-15/h1-9,16,20H. The third-order valence-electron chi connectivity index (χ3n) is 3.17. The van der Waals surface area contributed by atoms with Crippen LogP contribution in [0.2, 0.25) is 0 Å². The van der Waals surface area contributed by atoms with E-state index in [9.17, 15) is 9.50 Å². The molecule has 1 unspecified atom stereocenters. The van der Waals surface area contributed by atoms with E-state index in [2.05, 4.69) is 20.9 Å². The Labute approximate surface area is 124 Å². The van der Waals surface area contributed by atoms with E-state index in [1.807, 2.05) is 30.3 Å². The lowest BCUT2D eigenvalue weighted by atomic mass is 9.97. The summed E-state index contributed by atoms with van der Waals surface area (Å²) in [4.78, 5) is 4.26. The van der Waals surface area contributed by atoms with Crippen molar-refractivity contribution in [3.8, 4) is 0 Å². The number of hydrogen-bond donors (Lipinski definition) is 1. The van der Waals surface area contributed by atoms with Crippen molar-refractivity contribution in [2.24, 2.45) is 0 Å². The van der Waals surface area contributed by atoms with Crippen molar-refractivity contribution in [3.05, 3.63) is 76.1 Å². The molecule has 3 aromatic rings. The van der Waals surface area contributed by atoms with Gasteiger partial charge in [0.25, 0.3) is 0 Å². The summed E-state index contributed by atoms with van der Waals surface area (Å²) in [6.45, 7) is 0. The Kier molecular flexibility index (Phi) is 3.51. The number of benzene rings is 2. The van der Waals surface area contributed by atoms with Crippen LogP contribution in [-0.2, 0) is 0 Å². The molecule has 0 aliphatic rings. The molecule has 0 saturated carbocycles. The second-order valence-electron chi connectivity index (χ2n) is 4.52. The molecule has 0 aliphatic carbocycles. The van der Waals surface area contributed by atoms with E-state index in [1.54, 1.807) is 12.3 Å². The number of fused-ring (bicyclic) bond motifs is 1. The number of aliphatic hydroxyl groups is 1. The minimum absolute atomic E-state index is 0.383. The van der Waals surface area contributed by atoms with Gasteiger partial charge in [0.1, 0.15) is 11.9 Å². The third kappa shape index (κ3) is 2.44. The van der Waals surface area contributed by atoms with E-state index in [0.717, 1.165) is 10.9 Å². The fourth-order valence-corrected chi connectivity index (χ4v) is 2.76. The van der Waals surface area contributed by atoms with Gasteiger partial charge in [-0.25, -0.2) is 4.39 Å². The van der Waals surface area contributed by atoms with E-state index < -0.39 is 6.10 Å². The highest BCUT2D eigenvalue weighted by Crippen LogP contribution is 2.29. The molecule has 1 N–H and O–H groups in total. The lowest BCUT2D eigenvalue weighted by molar-refractivity contribution is 0.221. The van der Waals surface area contributed by atoms with E-state index in [-0.39, 0.29) is 5.82 Å². The highest BCUT2D eigenvalue weighted by molar-refractivity contribution is 9.10. The number of hydrogen-bond acceptors (Lipinski definition) is 2. The third-order valence-corrected chi connectivity index (χ3v) is 3.63. The number of aromatic nitrogens is 1. The second-order valence-corrected chi connectivity index (χ2v) is 5.44. The van der Waals surface area contributed by atoms with E-state index in [4.69, 9.17) is 0 Å². The molecule has 2 nitrogen and oxygen atoms in total. The first kappa shape index (κ1) is 13.2. The Morgan fingerprint density at radius 3 is 2.75 bits per heavy atom. The van der Waals surface area contributed by atoms with Gasteiger partial charge >= 0.3 is 0 Å². The topological polar surface area (TPSA) is 33.1 Å². The minimum Gasteiger partial charge on any atom is -0.384 e. The van der Waals surface area contributed by atoms with Crippen molar-refractivity contribution >= 4 is 26.8 Å². The Bertz CT molecular complexity index is 750. The SMILES string of the molecule is OC(c1cc(F)cc(Br)c1)c1cccc2ncccc12. The summed E-state index contributed by atoms with van der Waals surface area (Å²) < 4.78 is 14.1. The van der Waals surface area contributed by atoms with Gasteiger partial charge < -0.3 is 5.11 Å². The van der Waals surface area contributed by atoms with E-state index in [1.165, 1.54) is 12.1 Å². The van der Waals surface area contributed by atoms with Crippen LogP contribution in [0.25, 0.3) is 10.9 Å². The van der Waals surface area contributed by atoms with Gasteiger partial charge in [0.05, 0.1) is 5.52 Å². The maximum absolute atomic E-state index is 13.5. The summed E-state index contributed by atoms with van der Waals surface area (Å²) in [7, 11) is 0. The molecule has 2 aromatic carbocycles. The Balaban J connectivity index is 2.15. The van der Waals surface area contributed by atoms with Gasteiger partial charge in [0, 0.05) is 16.1 Å². The van der Waals surface area contributed by atoms with Gasteiger partial charge in [-0.2, -0.15) is 0 Å². The highest BCUT2D eigenvalue weighted by atomic mass is 79.9. The largest absolute Gasteiger partial charge is 0.384 e. The number of halogens is 2. The predicted molar refractivity (Wildman–Crippen MR) is 79.9 cm³/mol. The Hall–Kier alpha value is -1.78. The summed E-state index contributed by atoms with van der Waals surface area (Å²) in [6, 6.07) is 13.7. The molecule has 1 atom stereocenters. The van der Waals surface area contributed by atoms with Crippen LogP contribution in [-0.4, -0.2) is 10.1 Å². The maximum atomic E-state index is 13.5. The molecule has 0 aliphatic heterocycles. The van der Waals surface area contributed by atoms with Gasteiger partial charge in [0.2, 0.25) is 0 Å². The first-order valence-electron chi connectivity index (χ1n) is 6.13. The molecule has 0 fully saturated rings. The molecular formula is C16H11BrFNO. The second kappa shape index (κ2) is 5.31. The maximum Gasteiger partial charge on any atom is 0.124 e. The van der Waals surface area contributed by atoms with E-state index in [0.29, 0.717) is 15.6 Å². The minimum atomic E-state index is -0.894. The zero-order valence-electron chi connectivity index (χ0n) is 10.4. The van der Waals surface area contributed by atoms with Crippen molar-refractivity contribution < 1.29 is 9.50 Å². The molecule has 0 spiro atoms. The molecular weight excluding hydrogens is 321 g/mol. The molecule has 3 rings (SSSR count). The van der Waals surface area contributed by atoms with Gasteiger partial charge in [-0.1, -0.05) is 34.1 Å². The molecule has 1 heterocycles. The van der Waals surface area contributed by atoms with Crippen molar-refractivity contribution in [2.45, 2.75) is 6.10 Å². The Morgan fingerprint density at radius 1 is 1.10 bits per heavy atom. The first-order chi connectivity index (χ1) is 9.65. The molecule has 0 amide bonds. The lowest BCUT2D eigenvalue weighted by Gasteiger charge is -2.14. The number of aliphatic hydroxyl groups excluding tert-OH is 1. The fourth-order valence-electron chi connectivity index (χ4n) is 2.28. The average Bonchev–Trinajstić information content (AvgIpc) is 2.45. The monoisotopic (exact) mass is 331 g/mol. The van der Waals surface area contributed by atoms with Gasteiger partial charge in [-0.3, -0.25) is 4.98 Å². The zero-order valence-corrected chi connectivity index (χ0v) is 12.0. The number of rotatable bonds is 2. The van der Waals surface area contributed by atoms with Crippen LogP contribution in [0.3, 0.4) is 0 Å². The molecule has 1 aromatic heterocycles. The van der Waals surface area contributed by atoms with Crippen LogP contribution in [0.1, 0.15) is 17.2 Å². The summed E-state index contributed by atoms with van der Waals surface area (Å²) in [5, 5.41) is 11.4. The summed E-state index contributed by atoms with van der Waals surface area (Å²) in [6.07, 6.45) is 0.812. The molecule has 20 heavy (non-hydrogen) atoms. The zero-order chi connectivity index (χ0) is 14.1. The molecule has 100 valence electrons. The normalized spacial score (nSPS) is 12.6. The summed E-state index contributed by atoms with van der Waals surface area (Å²) >= 11 is 3.24. The average molecular weight is 332 g/mol. The van der Waals surface area contributed by atoms with Gasteiger partial charge in [-0.15, -0.1) is 0 Å². The highest BCUT2D eigenvalue weighted by Gasteiger charge is 2.15. The van der Waals surface area contributed by atoms with Crippen LogP contribution >= 0.6 is 15.9 Å². The predicted octanol–water partition coefficient (Wildman–Crippen LogP) is 4.22. The van der Waals surface area contributed by atoms with Crippen LogP contribution < -0.4 is 0 Å². The quantitative estimate of drug-likeness (QED) is 0.762. The molecule has 0 saturated heterocycles. The van der Waals surface area contributed by atoms with Gasteiger partial charge in [-0.05, 0) is 41.5 Å². The molecule has 0 bridgehead atoms. The smallest absolute Gasteiger partial charge is 0.124 e. The molecule has 0 radical (unpaired) electrons. The van der Waals surface area contributed by atoms with Crippen molar-refractivity contribution in [2.75, 3.05) is 0 Å². The van der Waals surface area contributed by atoms with Gasteiger partial charge in [0.15, 0.2) is 0 Å². The van der Waals surface area contributed by atoms with E-state index >= 15 is 0 Å². The number of pyridine rings is 1. The van der Waals surface area contributed by atoms with Crippen LogP contribution in [0.4, 0.5) is 4.39 Å². The van der Waals surface area contributed by atoms with Crippen molar-refractivity contribution in [1.29, 1.82) is 0 Å². The fraction of sp³-hybridized carbons (Fsp3) is 0.0625. The number of nitrogens with zero attached hydrogens (tertiary/aromatic N) is 1. The molecule has 4 heteroatoms. The van der Waals surface area contributed by atoms with Crippen molar-refractivity contribution in [1.82, 2.24) is 4.98 Å². The first-order valence-corrected chi connectivity index (χ1v) is 6.92. The van der Waals surface area contributed by atoms with Crippen LogP contribution in [0, 0.1) is 5.82 Å². The summed E-state index contributed by atoms with van der Waals surface area (Å²) in [5.74, 6) is -0.383. The summed E-state index contributed by atoms with van der Waals surface area (Å²) in [5.41, 5.74) is 2.03.